The summed E-state index contributed by atoms with van der Waals surface area (Å²) in [4.78, 5) is 16.3. The number of aromatic amines is 1. The number of imidazole rings is 2. The Morgan fingerprint density at radius 2 is 2.03 bits per heavy atom. The summed E-state index contributed by atoms with van der Waals surface area (Å²) in [5.41, 5.74) is 3.36. The maximum atomic E-state index is 14.1. The Balaban J connectivity index is 1.40. The molecule has 6 rings (SSSR count). The summed E-state index contributed by atoms with van der Waals surface area (Å²) < 4.78 is 61.5. The lowest BCUT2D eigenvalue weighted by atomic mass is 10.1. The molecule has 0 atom stereocenters. The minimum Gasteiger partial charge on any atom is -0.377 e. The highest BCUT2D eigenvalue weighted by molar-refractivity contribution is 5.76. The van der Waals surface area contributed by atoms with Crippen LogP contribution in [0.3, 0.4) is 0 Å². The van der Waals surface area contributed by atoms with Gasteiger partial charge in [0.25, 0.3) is 0 Å². The van der Waals surface area contributed by atoms with Gasteiger partial charge in [0.15, 0.2) is 23.1 Å². The zero-order valence-corrected chi connectivity index (χ0v) is 18.6. The smallest absolute Gasteiger partial charge is 0.333 e. The average Bonchev–Trinajstić information content (AvgIpc) is 3.63. The van der Waals surface area contributed by atoms with Crippen molar-refractivity contribution in [1.82, 2.24) is 34.1 Å². The third-order valence-corrected chi connectivity index (χ3v) is 5.90. The van der Waals surface area contributed by atoms with Crippen LogP contribution in [0.2, 0.25) is 0 Å². The first-order valence-corrected chi connectivity index (χ1v) is 11.0. The van der Waals surface area contributed by atoms with E-state index in [9.17, 15) is 17.6 Å². The van der Waals surface area contributed by atoms with Gasteiger partial charge in [-0.15, -0.1) is 0 Å². The van der Waals surface area contributed by atoms with Crippen molar-refractivity contribution in [2.75, 3.05) is 18.5 Å². The second-order valence-corrected chi connectivity index (χ2v) is 8.15. The van der Waals surface area contributed by atoms with Gasteiger partial charge in [0, 0.05) is 18.0 Å². The second-order valence-electron chi connectivity index (χ2n) is 8.15. The number of fused-ring (bicyclic) bond motifs is 2. The number of nitrogens with zero attached hydrogens (tertiary/aromatic N) is 6. The molecule has 0 unspecified atom stereocenters. The third kappa shape index (κ3) is 3.86. The maximum Gasteiger partial charge on any atom is 0.333 e. The number of hydrogen-bond acceptors (Lipinski definition) is 6. The van der Waals surface area contributed by atoms with Crippen molar-refractivity contribution < 1.29 is 22.3 Å². The van der Waals surface area contributed by atoms with Crippen molar-refractivity contribution in [1.29, 1.82) is 0 Å². The zero-order valence-electron chi connectivity index (χ0n) is 18.6. The number of aromatic nitrogens is 7. The van der Waals surface area contributed by atoms with Crippen molar-refractivity contribution in [3.8, 4) is 11.3 Å². The second kappa shape index (κ2) is 8.75. The number of benzene rings is 1. The minimum absolute atomic E-state index is 0.0924. The highest BCUT2D eigenvalue weighted by Crippen LogP contribution is 2.29. The Morgan fingerprint density at radius 1 is 1.14 bits per heavy atom. The van der Waals surface area contributed by atoms with Crippen molar-refractivity contribution >= 4 is 28.1 Å². The van der Waals surface area contributed by atoms with Crippen LogP contribution in [-0.2, 0) is 11.3 Å². The minimum atomic E-state index is -2.76. The van der Waals surface area contributed by atoms with Crippen molar-refractivity contribution in [2.24, 2.45) is 0 Å². The van der Waals surface area contributed by atoms with Crippen molar-refractivity contribution in [3.63, 3.8) is 0 Å². The fourth-order valence-corrected chi connectivity index (χ4v) is 4.13. The number of H-pyrrole nitrogens is 1. The van der Waals surface area contributed by atoms with Gasteiger partial charge in [0.2, 0.25) is 0 Å². The zero-order chi connectivity index (χ0) is 24.8. The molecule has 0 spiro atoms. The van der Waals surface area contributed by atoms with Gasteiger partial charge < -0.3 is 15.0 Å². The highest BCUT2D eigenvalue weighted by Gasteiger charge is 2.19. The number of rotatable bonds is 6. The number of nitrogens with one attached hydrogen (secondary N) is 2. The van der Waals surface area contributed by atoms with E-state index in [2.05, 4.69) is 25.4 Å². The largest absolute Gasteiger partial charge is 0.377 e. The van der Waals surface area contributed by atoms with E-state index < -0.39 is 18.2 Å². The maximum absolute atomic E-state index is 14.1. The van der Waals surface area contributed by atoms with E-state index in [-0.39, 0.29) is 12.1 Å². The molecule has 0 aliphatic carbocycles. The molecule has 184 valence electrons. The predicted molar refractivity (Wildman–Crippen MR) is 122 cm³/mol. The Hall–Kier alpha value is -4.26. The van der Waals surface area contributed by atoms with Crippen LogP contribution in [0.1, 0.15) is 24.5 Å². The van der Waals surface area contributed by atoms with Crippen LogP contribution >= 0.6 is 0 Å². The molecule has 5 aromatic rings. The lowest BCUT2D eigenvalue weighted by Gasteiger charge is -2.15. The van der Waals surface area contributed by atoms with E-state index in [4.69, 9.17) is 9.72 Å². The number of hydrogen-bond donors (Lipinski definition) is 2. The molecule has 0 bridgehead atoms. The lowest BCUT2D eigenvalue weighted by Crippen LogP contribution is -2.10. The van der Waals surface area contributed by atoms with Gasteiger partial charge in [-0.2, -0.15) is 13.9 Å². The first-order chi connectivity index (χ1) is 17.5. The van der Waals surface area contributed by atoms with Crippen LogP contribution in [0.15, 0.2) is 43.0 Å². The molecule has 0 saturated heterocycles. The fraction of sp³-hybridized carbons (Fsp3) is 0.217. The first-order valence-electron chi connectivity index (χ1n) is 11.0. The van der Waals surface area contributed by atoms with Crippen LogP contribution in [-0.4, -0.2) is 47.3 Å². The van der Waals surface area contributed by atoms with Crippen LogP contribution in [0.5, 0.6) is 0 Å². The standard InChI is InChI=1S/C23H18F4N8O/c24-14-1-2-15-20(19(14)25)33-18(31-15)9-28-21-22-29-8-17(13-7-30-35(10-13)23(26)27)34(22)11-16(32-21)12-3-5-36-6-4-12/h1-3,7-8,10-11,23H,4-6,9H2,(H,28,32)(H,31,33). The molecular formula is C23H18F4N8O. The van der Waals surface area contributed by atoms with E-state index in [0.29, 0.717) is 64.1 Å². The summed E-state index contributed by atoms with van der Waals surface area (Å²) in [6.45, 7) is -1.64. The molecule has 1 aliphatic heterocycles. The summed E-state index contributed by atoms with van der Waals surface area (Å²) in [5.74, 6) is -1.23. The first kappa shape index (κ1) is 22.2. The van der Waals surface area contributed by atoms with E-state index in [1.807, 2.05) is 6.08 Å². The van der Waals surface area contributed by atoms with Gasteiger partial charge in [0.05, 0.1) is 49.1 Å². The SMILES string of the molecule is Fc1ccc2[nH]c(CNc3nc(C4=CCOCC4)cn4c(-c5cnn(C(F)F)c5)cnc34)nc2c1F. The van der Waals surface area contributed by atoms with Gasteiger partial charge in [-0.3, -0.25) is 4.40 Å². The highest BCUT2D eigenvalue weighted by atomic mass is 19.3. The molecule has 5 heterocycles. The summed E-state index contributed by atoms with van der Waals surface area (Å²) in [6, 6.07) is 2.45. The quantitative estimate of drug-likeness (QED) is 0.333. The van der Waals surface area contributed by atoms with E-state index in [1.165, 1.54) is 18.5 Å². The summed E-state index contributed by atoms with van der Waals surface area (Å²) in [7, 11) is 0. The molecule has 1 aromatic carbocycles. The molecule has 0 saturated carbocycles. The number of anilines is 1. The summed E-state index contributed by atoms with van der Waals surface area (Å²) in [6.07, 6.45) is 8.52. The molecule has 0 fully saturated rings. The van der Waals surface area contributed by atoms with Crippen LogP contribution < -0.4 is 5.32 Å². The summed E-state index contributed by atoms with van der Waals surface area (Å²) in [5, 5.41) is 6.88. The fourth-order valence-electron chi connectivity index (χ4n) is 4.13. The number of alkyl halides is 2. The molecule has 36 heavy (non-hydrogen) atoms. The van der Waals surface area contributed by atoms with Gasteiger partial charge >= 0.3 is 6.55 Å². The molecule has 2 N–H and O–H groups in total. The van der Waals surface area contributed by atoms with Crippen molar-refractivity contribution in [2.45, 2.75) is 19.5 Å². The third-order valence-electron chi connectivity index (χ3n) is 5.90. The Labute approximate surface area is 200 Å². The van der Waals surface area contributed by atoms with Gasteiger partial charge in [-0.25, -0.2) is 28.4 Å². The number of ether oxygens (including phenoxy) is 1. The van der Waals surface area contributed by atoms with Crippen LogP contribution in [0, 0.1) is 11.6 Å². The normalized spacial score (nSPS) is 14.2. The predicted octanol–water partition coefficient (Wildman–Crippen LogP) is 4.56. The lowest BCUT2D eigenvalue weighted by molar-refractivity contribution is 0.0566. The monoisotopic (exact) mass is 498 g/mol. The molecule has 0 radical (unpaired) electrons. The van der Waals surface area contributed by atoms with Gasteiger partial charge in [-0.1, -0.05) is 6.08 Å². The molecule has 4 aromatic heterocycles. The van der Waals surface area contributed by atoms with E-state index >= 15 is 0 Å². The van der Waals surface area contributed by atoms with Crippen LogP contribution in [0.4, 0.5) is 23.4 Å². The summed E-state index contributed by atoms with van der Waals surface area (Å²) >= 11 is 0. The molecule has 9 nitrogen and oxygen atoms in total. The molecular weight excluding hydrogens is 480 g/mol. The topological polar surface area (TPSA) is 97.9 Å². The molecule has 0 amide bonds. The average molecular weight is 498 g/mol. The Kier molecular flexibility index (Phi) is 5.40. The Bertz CT molecular complexity index is 1620. The van der Waals surface area contributed by atoms with Crippen molar-refractivity contribution in [3.05, 3.63) is 66.1 Å². The number of halogens is 4. The van der Waals surface area contributed by atoms with Gasteiger partial charge in [0.1, 0.15) is 11.3 Å². The molecule has 13 heteroatoms. The van der Waals surface area contributed by atoms with Gasteiger partial charge in [-0.05, 0) is 24.1 Å². The molecule has 1 aliphatic rings. The van der Waals surface area contributed by atoms with Crippen LogP contribution in [0.25, 0.3) is 33.5 Å². The van der Waals surface area contributed by atoms with E-state index in [1.54, 1.807) is 16.8 Å². The Morgan fingerprint density at radius 3 is 2.81 bits per heavy atom. The van der Waals surface area contributed by atoms with E-state index in [0.717, 1.165) is 11.6 Å².